The molecule has 2 N–H and O–H groups in total. The summed E-state index contributed by atoms with van der Waals surface area (Å²) in [6.45, 7) is 0. The molecule has 0 aliphatic heterocycles. The molecule has 1 unspecified atom stereocenters. The highest BCUT2D eigenvalue weighted by atomic mass is 35.5. The molecule has 1 aromatic carbocycles. The number of benzene rings is 1. The molecule has 0 saturated carbocycles. The number of hydrogen-bond acceptors (Lipinski definition) is 3. The van der Waals surface area contributed by atoms with Gasteiger partial charge in [0, 0.05) is 6.04 Å². The Balaban J connectivity index is 0.00000133. The van der Waals surface area contributed by atoms with Gasteiger partial charge in [-0.15, -0.1) is 12.4 Å². The van der Waals surface area contributed by atoms with E-state index in [1.165, 1.54) is 5.56 Å². The van der Waals surface area contributed by atoms with Gasteiger partial charge in [-0.25, -0.2) is 0 Å². The van der Waals surface area contributed by atoms with Crippen molar-refractivity contribution in [2.24, 2.45) is 0 Å². The van der Waals surface area contributed by atoms with Gasteiger partial charge in [0.15, 0.2) is 0 Å². The zero-order chi connectivity index (χ0) is 12.9. The minimum Gasteiger partial charge on any atom is -0.316 e. The van der Waals surface area contributed by atoms with Crippen molar-refractivity contribution in [2.75, 3.05) is 14.1 Å². The third-order valence-corrected chi connectivity index (χ3v) is 3.73. The van der Waals surface area contributed by atoms with E-state index in [1.54, 1.807) is 0 Å². The van der Waals surface area contributed by atoms with Gasteiger partial charge in [0.05, 0.1) is 11.0 Å². The Hall–Kier alpha value is -1.59. The number of hydrogen-bond donors (Lipinski definition) is 2. The van der Waals surface area contributed by atoms with Crippen LogP contribution < -0.4 is 11.1 Å². The predicted molar refractivity (Wildman–Crippen MR) is 77.3 cm³/mol. The van der Waals surface area contributed by atoms with Crippen molar-refractivity contribution >= 4 is 23.4 Å². The summed E-state index contributed by atoms with van der Waals surface area (Å²) in [6.07, 6.45) is 1.89. The predicted octanol–water partition coefficient (Wildman–Crippen LogP) is 0.667. The molecule has 1 heterocycles. The quantitative estimate of drug-likeness (QED) is 0.755. The largest absolute Gasteiger partial charge is 0.316 e. The molecule has 1 atom stereocenters. The van der Waals surface area contributed by atoms with E-state index in [4.69, 9.17) is 0 Å². The highest BCUT2D eigenvalue weighted by Gasteiger charge is 2.25. The van der Waals surface area contributed by atoms with Gasteiger partial charge in [0.2, 0.25) is 0 Å². The summed E-state index contributed by atoms with van der Waals surface area (Å²) < 4.78 is 0. The number of likely N-dealkylation sites (N-methyl/N-ethyl adjacent to an activating group) is 1. The second kappa shape index (κ2) is 4.83. The van der Waals surface area contributed by atoms with E-state index in [0.29, 0.717) is 11.6 Å². The Bertz CT molecular complexity index is 733. The first-order valence-corrected chi connectivity index (χ1v) is 6.00. The third kappa shape index (κ3) is 2.19. The summed E-state index contributed by atoms with van der Waals surface area (Å²) >= 11 is 0. The fraction of sp³-hybridized carbons (Fsp3) is 0.385. The van der Waals surface area contributed by atoms with E-state index < -0.39 is 11.1 Å². The van der Waals surface area contributed by atoms with Gasteiger partial charge >= 0.3 is 11.1 Å². The molecule has 2 aromatic rings. The molecule has 6 heteroatoms. The molecule has 5 nitrogen and oxygen atoms in total. The number of nitrogens with zero attached hydrogens (tertiary/aromatic N) is 1. The van der Waals surface area contributed by atoms with Crippen molar-refractivity contribution < 1.29 is 0 Å². The number of nitrogens with one attached hydrogen (secondary N) is 2. The average molecular weight is 282 g/mol. The highest BCUT2D eigenvalue weighted by molar-refractivity contribution is 5.85. The van der Waals surface area contributed by atoms with Gasteiger partial charge in [-0.2, -0.15) is 0 Å². The molecule has 1 aliphatic rings. The van der Waals surface area contributed by atoms with Crippen LogP contribution in [0.1, 0.15) is 11.1 Å². The minimum absolute atomic E-state index is 0. The first-order valence-electron chi connectivity index (χ1n) is 6.00. The summed E-state index contributed by atoms with van der Waals surface area (Å²) in [4.78, 5) is 30.2. The molecule has 19 heavy (non-hydrogen) atoms. The van der Waals surface area contributed by atoms with Crippen LogP contribution in [0.25, 0.3) is 11.0 Å². The molecule has 0 bridgehead atoms. The van der Waals surface area contributed by atoms with Crippen LogP contribution in [0, 0.1) is 0 Å². The van der Waals surface area contributed by atoms with Gasteiger partial charge in [0.1, 0.15) is 0 Å². The molecule has 0 radical (unpaired) electrons. The van der Waals surface area contributed by atoms with Gasteiger partial charge < -0.3 is 14.9 Å². The monoisotopic (exact) mass is 281 g/mol. The van der Waals surface area contributed by atoms with E-state index in [2.05, 4.69) is 29.0 Å². The lowest BCUT2D eigenvalue weighted by molar-refractivity contribution is 0.304. The van der Waals surface area contributed by atoms with E-state index >= 15 is 0 Å². The SMILES string of the molecule is CN(C)C1Cc2ccc3[nH]c(=O)c(=O)[nH]c3c2C1.Cl. The second-order valence-corrected chi connectivity index (χ2v) is 5.06. The van der Waals surface area contributed by atoms with Crippen LogP contribution in [0.2, 0.25) is 0 Å². The van der Waals surface area contributed by atoms with Crippen molar-refractivity contribution in [3.8, 4) is 0 Å². The zero-order valence-corrected chi connectivity index (χ0v) is 11.6. The Morgan fingerprint density at radius 3 is 2.47 bits per heavy atom. The van der Waals surface area contributed by atoms with Crippen LogP contribution in [0.15, 0.2) is 21.7 Å². The minimum atomic E-state index is -0.593. The van der Waals surface area contributed by atoms with E-state index in [0.717, 1.165) is 23.9 Å². The molecular formula is C13H16ClN3O2. The number of aromatic nitrogens is 2. The van der Waals surface area contributed by atoms with Crippen molar-refractivity contribution in [3.63, 3.8) is 0 Å². The fourth-order valence-corrected chi connectivity index (χ4v) is 2.64. The van der Waals surface area contributed by atoms with E-state index in [9.17, 15) is 9.59 Å². The number of fused-ring (bicyclic) bond motifs is 3. The standard InChI is InChI=1S/C13H15N3O2.ClH/c1-16(2)8-5-7-3-4-10-11(9(7)6-8)15-13(18)12(17)14-10;/h3-4,8H,5-6H2,1-2H3,(H,14,17)(H,15,18);1H. The topological polar surface area (TPSA) is 69.0 Å². The molecule has 102 valence electrons. The van der Waals surface area contributed by atoms with Crippen molar-refractivity contribution in [1.82, 2.24) is 14.9 Å². The van der Waals surface area contributed by atoms with Crippen molar-refractivity contribution in [3.05, 3.63) is 44.0 Å². The number of aromatic amines is 2. The second-order valence-electron chi connectivity index (χ2n) is 5.06. The average Bonchev–Trinajstić information content (AvgIpc) is 2.75. The number of H-pyrrole nitrogens is 2. The van der Waals surface area contributed by atoms with Crippen LogP contribution in [0.3, 0.4) is 0 Å². The lowest BCUT2D eigenvalue weighted by atomic mass is 10.1. The van der Waals surface area contributed by atoms with Crippen LogP contribution in [0.4, 0.5) is 0 Å². The maximum atomic E-state index is 11.4. The number of halogens is 1. The summed E-state index contributed by atoms with van der Waals surface area (Å²) in [5, 5.41) is 0. The van der Waals surface area contributed by atoms with Gasteiger partial charge in [-0.05, 0) is 44.1 Å². The normalized spacial score (nSPS) is 17.5. The van der Waals surface area contributed by atoms with E-state index in [1.807, 2.05) is 12.1 Å². The Morgan fingerprint density at radius 2 is 1.79 bits per heavy atom. The van der Waals surface area contributed by atoms with Crippen molar-refractivity contribution in [1.29, 1.82) is 0 Å². The summed E-state index contributed by atoms with van der Waals surface area (Å²) in [5.41, 5.74) is 2.72. The van der Waals surface area contributed by atoms with Crippen LogP contribution in [-0.2, 0) is 12.8 Å². The molecule has 0 spiro atoms. The summed E-state index contributed by atoms with van der Waals surface area (Å²) in [7, 11) is 4.12. The van der Waals surface area contributed by atoms with Crippen LogP contribution in [-0.4, -0.2) is 35.0 Å². The van der Waals surface area contributed by atoms with Crippen LogP contribution >= 0.6 is 12.4 Å². The molecule has 1 aromatic heterocycles. The Morgan fingerprint density at radius 1 is 1.11 bits per heavy atom. The zero-order valence-electron chi connectivity index (χ0n) is 10.8. The number of rotatable bonds is 1. The first kappa shape index (κ1) is 13.8. The Kier molecular flexibility index (Phi) is 3.52. The van der Waals surface area contributed by atoms with Crippen molar-refractivity contribution in [2.45, 2.75) is 18.9 Å². The maximum Gasteiger partial charge on any atom is 0.314 e. The highest BCUT2D eigenvalue weighted by Crippen LogP contribution is 2.28. The van der Waals surface area contributed by atoms with Gasteiger partial charge in [-0.3, -0.25) is 9.59 Å². The van der Waals surface area contributed by atoms with Crippen LogP contribution in [0.5, 0.6) is 0 Å². The third-order valence-electron chi connectivity index (χ3n) is 3.73. The van der Waals surface area contributed by atoms with Gasteiger partial charge in [0.25, 0.3) is 0 Å². The lowest BCUT2D eigenvalue weighted by Crippen LogP contribution is -2.29. The fourth-order valence-electron chi connectivity index (χ4n) is 2.64. The maximum absolute atomic E-state index is 11.4. The summed E-state index contributed by atoms with van der Waals surface area (Å²) in [6, 6.07) is 4.36. The van der Waals surface area contributed by atoms with E-state index in [-0.39, 0.29) is 12.4 Å². The smallest absolute Gasteiger partial charge is 0.314 e. The lowest BCUT2D eigenvalue weighted by Gasteiger charge is -2.17. The van der Waals surface area contributed by atoms with Gasteiger partial charge in [-0.1, -0.05) is 6.07 Å². The Labute approximate surface area is 116 Å². The summed E-state index contributed by atoms with van der Waals surface area (Å²) in [5.74, 6) is 0. The molecule has 3 rings (SSSR count). The molecule has 0 fully saturated rings. The molecular weight excluding hydrogens is 266 g/mol. The molecule has 0 saturated heterocycles. The molecule has 0 amide bonds. The first-order chi connectivity index (χ1) is 8.56. The molecule has 1 aliphatic carbocycles.